The van der Waals surface area contributed by atoms with Crippen molar-refractivity contribution in [1.29, 1.82) is 0 Å². The second kappa shape index (κ2) is 7.32. The van der Waals surface area contributed by atoms with Gasteiger partial charge in [-0.25, -0.2) is 0 Å². The van der Waals surface area contributed by atoms with Gasteiger partial charge in [0, 0.05) is 31.4 Å². The monoisotopic (exact) mass is 382 g/mol. The predicted octanol–water partition coefficient (Wildman–Crippen LogP) is 3.87. The van der Waals surface area contributed by atoms with Crippen molar-refractivity contribution in [2.75, 3.05) is 6.54 Å². The van der Waals surface area contributed by atoms with Gasteiger partial charge in [-0.15, -0.1) is 0 Å². The molecule has 0 spiro atoms. The number of rotatable bonds is 6. The van der Waals surface area contributed by atoms with E-state index in [-0.39, 0.29) is 5.91 Å². The number of hydrogen-bond donors (Lipinski definition) is 1. The van der Waals surface area contributed by atoms with E-state index in [0.29, 0.717) is 35.9 Å². The number of furan rings is 1. The van der Waals surface area contributed by atoms with Gasteiger partial charge in [0.25, 0.3) is 5.91 Å². The summed E-state index contributed by atoms with van der Waals surface area (Å²) in [4.78, 5) is 12.7. The van der Waals surface area contributed by atoms with Crippen LogP contribution in [0.1, 0.15) is 21.6 Å². The molecule has 1 aromatic carbocycles. The topological polar surface area (TPSA) is 65.0 Å². The molecule has 0 aliphatic carbocycles. The Morgan fingerprint density at radius 2 is 2.07 bits per heavy atom. The Morgan fingerprint density at radius 1 is 1.26 bits per heavy atom. The molecule has 1 N–H and O–H groups in total. The zero-order valence-electron chi connectivity index (χ0n) is 14.9. The molecule has 4 rings (SSSR count). The first-order chi connectivity index (χ1) is 13.1. The van der Waals surface area contributed by atoms with Crippen molar-refractivity contribution in [2.45, 2.75) is 20.0 Å². The Balaban J connectivity index is 1.52. The number of amides is 1. The van der Waals surface area contributed by atoms with E-state index < -0.39 is 0 Å². The molecule has 4 aromatic rings. The van der Waals surface area contributed by atoms with Gasteiger partial charge in [0.15, 0.2) is 5.58 Å². The Kier molecular flexibility index (Phi) is 4.73. The van der Waals surface area contributed by atoms with E-state index in [2.05, 4.69) is 41.6 Å². The summed E-state index contributed by atoms with van der Waals surface area (Å²) in [5.74, 6) is -0.147. The molecular weight excluding hydrogens is 364 g/mol. The molecule has 138 valence electrons. The molecule has 0 unspecified atom stereocenters. The highest BCUT2D eigenvalue weighted by atomic mass is 35.5. The summed E-state index contributed by atoms with van der Waals surface area (Å²) in [5, 5.41) is 7.62. The van der Waals surface area contributed by atoms with Crippen LogP contribution in [0.3, 0.4) is 0 Å². The minimum atomic E-state index is -0.147. The molecule has 0 fully saturated rings. The Morgan fingerprint density at radius 3 is 2.81 bits per heavy atom. The maximum Gasteiger partial charge on any atom is 0.268 e. The number of fused-ring (bicyclic) bond motifs is 1. The SMILES string of the molecule is Cc1ccc(Cn2c(C(=O)NCCn3cc(Cl)cn3)cc3occc32)cc1. The highest BCUT2D eigenvalue weighted by molar-refractivity contribution is 6.30. The summed E-state index contributed by atoms with van der Waals surface area (Å²) in [6, 6.07) is 11.9. The molecule has 0 saturated carbocycles. The molecule has 7 heteroatoms. The van der Waals surface area contributed by atoms with Crippen molar-refractivity contribution in [2.24, 2.45) is 0 Å². The third kappa shape index (κ3) is 3.75. The molecular formula is C20H19ClN4O2. The molecule has 0 atom stereocenters. The van der Waals surface area contributed by atoms with Gasteiger partial charge in [-0.2, -0.15) is 5.10 Å². The van der Waals surface area contributed by atoms with Crippen LogP contribution in [-0.4, -0.2) is 26.8 Å². The first kappa shape index (κ1) is 17.4. The van der Waals surface area contributed by atoms with Gasteiger partial charge in [0.05, 0.1) is 29.5 Å². The Hall–Kier alpha value is -2.99. The van der Waals surface area contributed by atoms with Gasteiger partial charge in [0.1, 0.15) is 5.69 Å². The molecule has 6 nitrogen and oxygen atoms in total. The van der Waals surface area contributed by atoms with Crippen LogP contribution in [0.25, 0.3) is 11.1 Å². The lowest BCUT2D eigenvalue weighted by molar-refractivity contribution is 0.0943. The summed E-state index contributed by atoms with van der Waals surface area (Å²) in [7, 11) is 0. The van der Waals surface area contributed by atoms with Crippen LogP contribution in [-0.2, 0) is 13.1 Å². The standard InChI is InChI=1S/C20H19ClN4O2/c1-14-2-4-15(5-3-14)12-25-17-6-9-27-19(17)10-18(25)20(26)22-7-8-24-13-16(21)11-23-24/h2-6,9-11,13H,7-8,12H2,1H3,(H,22,26). The number of carbonyl (C=O) groups is 1. The van der Waals surface area contributed by atoms with Crippen LogP contribution < -0.4 is 5.32 Å². The number of halogens is 1. The Bertz CT molecular complexity index is 1080. The van der Waals surface area contributed by atoms with Crippen LogP contribution in [0, 0.1) is 6.92 Å². The van der Waals surface area contributed by atoms with E-state index in [1.165, 1.54) is 5.56 Å². The number of hydrogen-bond acceptors (Lipinski definition) is 3. The van der Waals surface area contributed by atoms with Crippen molar-refractivity contribution in [1.82, 2.24) is 19.7 Å². The molecule has 0 bridgehead atoms. The first-order valence-corrected chi connectivity index (χ1v) is 9.06. The van der Waals surface area contributed by atoms with Gasteiger partial charge < -0.3 is 14.3 Å². The third-order valence-corrected chi connectivity index (χ3v) is 4.64. The lowest BCUT2D eigenvalue weighted by Gasteiger charge is -2.11. The second-order valence-electron chi connectivity index (χ2n) is 6.45. The molecule has 0 saturated heterocycles. The van der Waals surface area contributed by atoms with Gasteiger partial charge in [-0.05, 0) is 12.5 Å². The largest absolute Gasteiger partial charge is 0.463 e. The summed E-state index contributed by atoms with van der Waals surface area (Å²) in [5.41, 5.74) is 4.50. The first-order valence-electron chi connectivity index (χ1n) is 8.68. The smallest absolute Gasteiger partial charge is 0.268 e. The molecule has 0 aliphatic rings. The summed E-state index contributed by atoms with van der Waals surface area (Å²) in [6.45, 7) is 3.65. The lowest BCUT2D eigenvalue weighted by Crippen LogP contribution is -2.29. The van der Waals surface area contributed by atoms with E-state index >= 15 is 0 Å². The number of benzene rings is 1. The maximum absolute atomic E-state index is 12.7. The quantitative estimate of drug-likeness (QED) is 0.550. The number of carbonyl (C=O) groups excluding carboxylic acids is 1. The normalized spacial score (nSPS) is 11.2. The number of nitrogens with one attached hydrogen (secondary N) is 1. The lowest BCUT2D eigenvalue weighted by atomic mass is 10.1. The van der Waals surface area contributed by atoms with Crippen LogP contribution in [0.2, 0.25) is 5.02 Å². The predicted molar refractivity (Wildman–Crippen MR) is 104 cm³/mol. The van der Waals surface area contributed by atoms with Crippen molar-refractivity contribution < 1.29 is 9.21 Å². The fourth-order valence-electron chi connectivity index (χ4n) is 3.05. The zero-order chi connectivity index (χ0) is 18.8. The molecule has 3 heterocycles. The van der Waals surface area contributed by atoms with E-state index in [1.54, 1.807) is 29.4 Å². The van der Waals surface area contributed by atoms with Gasteiger partial charge >= 0.3 is 0 Å². The number of aryl methyl sites for hydroxylation is 1. The van der Waals surface area contributed by atoms with Gasteiger partial charge in [-0.3, -0.25) is 9.48 Å². The molecule has 3 aromatic heterocycles. The van der Waals surface area contributed by atoms with Crippen molar-refractivity contribution >= 4 is 28.6 Å². The van der Waals surface area contributed by atoms with E-state index in [1.807, 2.05) is 10.6 Å². The number of aromatic nitrogens is 3. The Labute approximate surface area is 161 Å². The fourth-order valence-corrected chi connectivity index (χ4v) is 3.20. The highest BCUT2D eigenvalue weighted by Crippen LogP contribution is 2.22. The second-order valence-corrected chi connectivity index (χ2v) is 6.89. The average molecular weight is 383 g/mol. The average Bonchev–Trinajstić information content (AvgIpc) is 3.34. The fraction of sp³-hybridized carbons (Fsp3) is 0.200. The van der Waals surface area contributed by atoms with Crippen LogP contribution in [0.5, 0.6) is 0 Å². The van der Waals surface area contributed by atoms with E-state index in [0.717, 1.165) is 11.1 Å². The van der Waals surface area contributed by atoms with E-state index in [9.17, 15) is 4.79 Å². The minimum absolute atomic E-state index is 0.147. The van der Waals surface area contributed by atoms with Crippen LogP contribution in [0.15, 0.2) is 59.5 Å². The maximum atomic E-state index is 12.7. The molecule has 0 radical (unpaired) electrons. The van der Waals surface area contributed by atoms with Gasteiger partial charge in [0.2, 0.25) is 0 Å². The number of nitrogens with zero attached hydrogens (tertiary/aromatic N) is 3. The van der Waals surface area contributed by atoms with Crippen LogP contribution in [0.4, 0.5) is 0 Å². The summed E-state index contributed by atoms with van der Waals surface area (Å²) >= 11 is 5.85. The molecule has 0 aliphatic heterocycles. The third-order valence-electron chi connectivity index (χ3n) is 4.44. The molecule has 1 amide bonds. The zero-order valence-corrected chi connectivity index (χ0v) is 15.6. The summed E-state index contributed by atoms with van der Waals surface area (Å²) in [6.07, 6.45) is 4.94. The van der Waals surface area contributed by atoms with Crippen molar-refractivity contribution in [3.63, 3.8) is 0 Å². The summed E-state index contributed by atoms with van der Waals surface area (Å²) < 4.78 is 9.16. The van der Waals surface area contributed by atoms with Crippen molar-refractivity contribution in [3.8, 4) is 0 Å². The molecule has 27 heavy (non-hydrogen) atoms. The van der Waals surface area contributed by atoms with Crippen LogP contribution >= 0.6 is 11.6 Å². The van der Waals surface area contributed by atoms with Crippen molar-refractivity contribution in [3.05, 3.63) is 76.9 Å². The highest BCUT2D eigenvalue weighted by Gasteiger charge is 2.17. The van der Waals surface area contributed by atoms with E-state index in [4.69, 9.17) is 16.0 Å². The minimum Gasteiger partial charge on any atom is -0.463 e. The van der Waals surface area contributed by atoms with Gasteiger partial charge in [-0.1, -0.05) is 41.4 Å².